The summed E-state index contributed by atoms with van der Waals surface area (Å²) in [6, 6.07) is 0. The van der Waals surface area contributed by atoms with Gasteiger partial charge in [-0.25, -0.2) is 0 Å². The van der Waals surface area contributed by atoms with Crippen molar-refractivity contribution in [3.63, 3.8) is 0 Å². The Hall–Kier alpha value is -0.313. The van der Waals surface area contributed by atoms with E-state index >= 15 is 0 Å². The zero-order valence-corrected chi connectivity index (χ0v) is 16.2. The maximum atomic E-state index is 11.6. The summed E-state index contributed by atoms with van der Waals surface area (Å²) in [7, 11) is -1.68. The van der Waals surface area contributed by atoms with E-state index < -0.39 is 8.32 Å². The molecular formula is C18H38O2Si. The Bertz CT molecular complexity index is 258. The molecule has 0 bridgehead atoms. The number of carbonyl (C=O) groups is 1. The van der Waals surface area contributed by atoms with E-state index in [-0.39, 0.29) is 5.97 Å². The first-order chi connectivity index (χ1) is 9.85. The minimum absolute atomic E-state index is 0.0125. The fraction of sp³-hybridized carbons (Fsp3) is 0.944. The SMILES string of the molecule is CCCCCCC(C)CCCCCCC(=O)O[Si](C)(C)C. The molecule has 0 aromatic heterocycles. The van der Waals surface area contributed by atoms with Crippen molar-refractivity contribution >= 4 is 14.3 Å². The molecule has 0 N–H and O–H groups in total. The Labute approximate surface area is 134 Å². The summed E-state index contributed by atoms with van der Waals surface area (Å²) in [6.07, 6.45) is 13.6. The molecule has 0 heterocycles. The third kappa shape index (κ3) is 15.9. The Morgan fingerprint density at radius 3 is 1.95 bits per heavy atom. The van der Waals surface area contributed by atoms with Gasteiger partial charge in [-0.2, -0.15) is 0 Å². The van der Waals surface area contributed by atoms with Gasteiger partial charge in [-0.15, -0.1) is 0 Å². The van der Waals surface area contributed by atoms with Gasteiger partial charge in [0.2, 0.25) is 8.32 Å². The molecule has 0 radical (unpaired) electrons. The number of hydrogen-bond acceptors (Lipinski definition) is 2. The van der Waals surface area contributed by atoms with Crippen LogP contribution in [0.15, 0.2) is 0 Å². The molecule has 0 amide bonds. The minimum atomic E-state index is -1.68. The first-order valence-corrected chi connectivity index (χ1v) is 12.5. The standard InChI is InChI=1S/C18H38O2Si/c1-6-7-8-11-14-17(2)15-12-9-10-13-16-18(19)20-21(3,4)5/h17H,6-16H2,1-5H3. The lowest BCUT2D eigenvalue weighted by Gasteiger charge is -2.17. The molecule has 3 heteroatoms. The fourth-order valence-electron chi connectivity index (χ4n) is 2.57. The van der Waals surface area contributed by atoms with Gasteiger partial charge in [0.25, 0.3) is 5.97 Å². The Kier molecular flexibility index (Phi) is 12.1. The summed E-state index contributed by atoms with van der Waals surface area (Å²) < 4.78 is 5.45. The molecule has 1 unspecified atom stereocenters. The van der Waals surface area contributed by atoms with Crippen molar-refractivity contribution in [1.82, 2.24) is 0 Å². The molecule has 21 heavy (non-hydrogen) atoms. The van der Waals surface area contributed by atoms with Crippen molar-refractivity contribution in [1.29, 1.82) is 0 Å². The molecule has 0 rings (SSSR count). The lowest BCUT2D eigenvalue weighted by molar-refractivity contribution is -0.135. The van der Waals surface area contributed by atoms with Crippen LogP contribution >= 0.6 is 0 Å². The molecule has 0 saturated heterocycles. The average Bonchev–Trinajstić information content (AvgIpc) is 2.36. The lowest BCUT2D eigenvalue weighted by atomic mass is 9.96. The van der Waals surface area contributed by atoms with Crippen LogP contribution in [0.3, 0.4) is 0 Å². The second kappa shape index (κ2) is 12.3. The highest BCUT2D eigenvalue weighted by molar-refractivity contribution is 6.71. The van der Waals surface area contributed by atoms with Gasteiger partial charge >= 0.3 is 0 Å². The second-order valence-electron chi connectivity index (χ2n) is 7.49. The van der Waals surface area contributed by atoms with Crippen LogP contribution < -0.4 is 0 Å². The van der Waals surface area contributed by atoms with Crippen molar-refractivity contribution < 1.29 is 9.22 Å². The molecule has 0 saturated carbocycles. The van der Waals surface area contributed by atoms with E-state index in [0.29, 0.717) is 6.42 Å². The summed E-state index contributed by atoms with van der Waals surface area (Å²) in [6.45, 7) is 10.8. The van der Waals surface area contributed by atoms with Crippen LogP contribution in [0, 0.1) is 5.92 Å². The van der Waals surface area contributed by atoms with Crippen molar-refractivity contribution in [3.8, 4) is 0 Å². The predicted octanol–water partition coefficient (Wildman–Crippen LogP) is 6.31. The van der Waals surface area contributed by atoms with E-state index in [1.807, 2.05) is 0 Å². The van der Waals surface area contributed by atoms with Crippen LogP contribution in [0.25, 0.3) is 0 Å². The van der Waals surface area contributed by atoms with Gasteiger partial charge in [-0.3, -0.25) is 4.79 Å². The Morgan fingerprint density at radius 2 is 1.43 bits per heavy atom. The van der Waals surface area contributed by atoms with Crippen LogP contribution in [0.4, 0.5) is 0 Å². The molecule has 0 fully saturated rings. The van der Waals surface area contributed by atoms with E-state index in [0.717, 1.165) is 12.3 Å². The third-order valence-electron chi connectivity index (χ3n) is 3.80. The summed E-state index contributed by atoms with van der Waals surface area (Å²) in [5.41, 5.74) is 0. The van der Waals surface area contributed by atoms with Gasteiger partial charge in [0.15, 0.2) is 0 Å². The zero-order valence-electron chi connectivity index (χ0n) is 15.2. The van der Waals surface area contributed by atoms with Crippen molar-refractivity contribution in [2.24, 2.45) is 5.92 Å². The summed E-state index contributed by atoms with van der Waals surface area (Å²) in [4.78, 5) is 11.6. The maximum Gasteiger partial charge on any atom is 0.292 e. The van der Waals surface area contributed by atoms with Crippen molar-refractivity contribution in [2.45, 2.75) is 104 Å². The third-order valence-corrected chi connectivity index (χ3v) is 4.64. The Morgan fingerprint density at radius 1 is 0.905 bits per heavy atom. The molecule has 126 valence electrons. The molecule has 0 aromatic rings. The second-order valence-corrected chi connectivity index (χ2v) is 11.9. The Balaban J connectivity index is 3.37. The summed E-state index contributed by atoms with van der Waals surface area (Å²) in [5, 5.41) is 0. The largest absolute Gasteiger partial charge is 0.520 e. The normalized spacial score (nSPS) is 13.2. The van der Waals surface area contributed by atoms with Gasteiger partial charge in [-0.05, 0) is 32.0 Å². The molecule has 2 nitrogen and oxygen atoms in total. The maximum absolute atomic E-state index is 11.6. The van der Waals surface area contributed by atoms with E-state index in [1.54, 1.807) is 0 Å². The van der Waals surface area contributed by atoms with Gasteiger partial charge in [0, 0.05) is 6.42 Å². The molecule has 0 aliphatic carbocycles. The summed E-state index contributed by atoms with van der Waals surface area (Å²) >= 11 is 0. The predicted molar refractivity (Wildman–Crippen MR) is 95.1 cm³/mol. The lowest BCUT2D eigenvalue weighted by Crippen LogP contribution is -2.28. The number of hydrogen-bond donors (Lipinski definition) is 0. The van der Waals surface area contributed by atoms with Crippen LogP contribution in [-0.4, -0.2) is 14.3 Å². The monoisotopic (exact) mass is 314 g/mol. The highest BCUT2D eigenvalue weighted by Crippen LogP contribution is 2.18. The smallest absolute Gasteiger partial charge is 0.292 e. The highest BCUT2D eigenvalue weighted by atomic mass is 28.4. The topological polar surface area (TPSA) is 26.3 Å². The van der Waals surface area contributed by atoms with Gasteiger partial charge in [-0.1, -0.05) is 71.6 Å². The molecule has 0 aromatic carbocycles. The molecule has 0 spiro atoms. The van der Waals surface area contributed by atoms with E-state index in [9.17, 15) is 4.79 Å². The van der Waals surface area contributed by atoms with E-state index in [2.05, 4.69) is 33.5 Å². The van der Waals surface area contributed by atoms with Gasteiger partial charge in [0.05, 0.1) is 0 Å². The summed E-state index contributed by atoms with van der Waals surface area (Å²) in [5.74, 6) is 0.886. The van der Waals surface area contributed by atoms with Gasteiger partial charge in [0.1, 0.15) is 0 Å². The van der Waals surface area contributed by atoms with Crippen LogP contribution in [0.1, 0.15) is 84.5 Å². The molecular weight excluding hydrogens is 276 g/mol. The van der Waals surface area contributed by atoms with Crippen molar-refractivity contribution in [3.05, 3.63) is 0 Å². The van der Waals surface area contributed by atoms with E-state index in [4.69, 9.17) is 4.43 Å². The quantitative estimate of drug-likeness (QED) is 0.294. The first kappa shape index (κ1) is 20.7. The van der Waals surface area contributed by atoms with Crippen LogP contribution in [0.5, 0.6) is 0 Å². The van der Waals surface area contributed by atoms with Gasteiger partial charge < -0.3 is 4.43 Å². The zero-order chi connectivity index (χ0) is 16.1. The number of unbranched alkanes of at least 4 members (excludes halogenated alkanes) is 6. The number of rotatable bonds is 13. The van der Waals surface area contributed by atoms with Crippen LogP contribution in [0.2, 0.25) is 19.6 Å². The molecule has 1 atom stereocenters. The average molecular weight is 315 g/mol. The van der Waals surface area contributed by atoms with Crippen molar-refractivity contribution in [2.75, 3.05) is 0 Å². The minimum Gasteiger partial charge on any atom is -0.520 e. The highest BCUT2D eigenvalue weighted by Gasteiger charge is 2.19. The molecule has 0 aliphatic rings. The van der Waals surface area contributed by atoms with E-state index in [1.165, 1.54) is 57.8 Å². The fourth-order valence-corrected chi connectivity index (χ4v) is 3.36. The van der Waals surface area contributed by atoms with Crippen LogP contribution in [-0.2, 0) is 9.22 Å². The first-order valence-electron chi connectivity index (χ1n) is 9.07. The number of carbonyl (C=O) groups excluding carboxylic acids is 1. The molecule has 0 aliphatic heterocycles.